The molecule has 0 aliphatic carbocycles. The molecule has 18 heavy (non-hydrogen) atoms. The zero-order chi connectivity index (χ0) is 13.1. The van der Waals surface area contributed by atoms with Gasteiger partial charge in [-0.2, -0.15) is 0 Å². The molecule has 0 saturated carbocycles. The normalized spacial score (nSPS) is 12.4. The fourth-order valence-electron chi connectivity index (χ4n) is 2.21. The van der Waals surface area contributed by atoms with Gasteiger partial charge in [-0.25, -0.2) is 0 Å². The van der Waals surface area contributed by atoms with Crippen molar-refractivity contribution in [3.63, 3.8) is 0 Å². The lowest BCUT2D eigenvalue weighted by atomic mass is 9.95. The molecule has 1 aromatic carbocycles. The van der Waals surface area contributed by atoms with Crippen molar-refractivity contribution in [1.82, 2.24) is 4.98 Å². The summed E-state index contributed by atoms with van der Waals surface area (Å²) in [7, 11) is 0. The number of aryl methyl sites for hydroxylation is 3. The van der Waals surface area contributed by atoms with E-state index in [4.69, 9.17) is 5.73 Å². The number of benzene rings is 1. The summed E-state index contributed by atoms with van der Waals surface area (Å²) in [6, 6.07) is 10.5. The van der Waals surface area contributed by atoms with Gasteiger partial charge >= 0.3 is 0 Å². The fraction of sp³-hybridized carbons (Fsp3) is 0.312. The average molecular weight is 240 g/mol. The Hall–Kier alpha value is -1.67. The second-order valence-corrected chi connectivity index (χ2v) is 4.94. The SMILES string of the molecule is Cc1ccc(C)c(C(N)Cc2ncccc2C)c1. The third-order valence-corrected chi connectivity index (χ3v) is 3.37. The van der Waals surface area contributed by atoms with Crippen LogP contribution < -0.4 is 5.73 Å². The Morgan fingerprint density at radius 1 is 1.11 bits per heavy atom. The molecule has 1 unspecified atom stereocenters. The molecule has 94 valence electrons. The van der Waals surface area contributed by atoms with Gasteiger partial charge in [0, 0.05) is 24.4 Å². The van der Waals surface area contributed by atoms with Crippen molar-refractivity contribution >= 4 is 0 Å². The van der Waals surface area contributed by atoms with E-state index >= 15 is 0 Å². The first-order valence-electron chi connectivity index (χ1n) is 6.31. The second-order valence-electron chi connectivity index (χ2n) is 4.94. The third kappa shape index (κ3) is 2.77. The summed E-state index contributed by atoms with van der Waals surface area (Å²) in [5, 5.41) is 0. The van der Waals surface area contributed by atoms with Gasteiger partial charge in [0.05, 0.1) is 0 Å². The highest BCUT2D eigenvalue weighted by atomic mass is 14.7. The third-order valence-electron chi connectivity index (χ3n) is 3.37. The van der Waals surface area contributed by atoms with Gasteiger partial charge in [-0.15, -0.1) is 0 Å². The van der Waals surface area contributed by atoms with Crippen molar-refractivity contribution in [2.75, 3.05) is 0 Å². The maximum atomic E-state index is 6.33. The van der Waals surface area contributed by atoms with Crippen LogP contribution in [0.4, 0.5) is 0 Å². The van der Waals surface area contributed by atoms with Crippen LogP contribution in [0.5, 0.6) is 0 Å². The molecular formula is C16H20N2. The second kappa shape index (κ2) is 5.32. The summed E-state index contributed by atoms with van der Waals surface area (Å²) < 4.78 is 0. The highest BCUT2D eigenvalue weighted by molar-refractivity contribution is 5.34. The van der Waals surface area contributed by atoms with Crippen molar-refractivity contribution in [2.24, 2.45) is 5.73 Å². The predicted octanol–water partition coefficient (Wildman–Crippen LogP) is 3.25. The molecule has 0 aliphatic heterocycles. The van der Waals surface area contributed by atoms with E-state index in [0.29, 0.717) is 0 Å². The standard InChI is InChI=1S/C16H20N2/c1-11-6-7-12(2)14(9-11)15(17)10-16-13(3)5-4-8-18-16/h4-9,15H,10,17H2,1-3H3. The van der Waals surface area contributed by atoms with Crippen molar-refractivity contribution < 1.29 is 0 Å². The lowest BCUT2D eigenvalue weighted by molar-refractivity contribution is 0.697. The van der Waals surface area contributed by atoms with Crippen LogP contribution in [0.25, 0.3) is 0 Å². The van der Waals surface area contributed by atoms with Crippen molar-refractivity contribution in [1.29, 1.82) is 0 Å². The molecule has 2 aromatic rings. The summed E-state index contributed by atoms with van der Waals surface area (Å²) in [5.74, 6) is 0. The Kier molecular flexibility index (Phi) is 3.78. The molecule has 2 N–H and O–H groups in total. The van der Waals surface area contributed by atoms with E-state index in [9.17, 15) is 0 Å². The minimum absolute atomic E-state index is 0.0125. The van der Waals surface area contributed by atoms with E-state index in [1.807, 2.05) is 12.3 Å². The molecule has 1 aromatic heterocycles. The summed E-state index contributed by atoms with van der Waals surface area (Å²) in [4.78, 5) is 4.42. The van der Waals surface area contributed by atoms with Crippen LogP contribution in [0.2, 0.25) is 0 Å². The number of nitrogens with zero attached hydrogens (tertiary/aromatic N) is 1. The number of hydrogen-bond acceptors (Lipinski definition) is 2. The van der Waals surface area contributed by atoms with Crippen LogP contribution >= 0.6 is 0 Å². The van der Waals surface area contributed by atoms with Gasteiger partial charge in [-0.3, -0.25) is 4.98 Å². The van der Waals surface area contributed by atoms with Crippen LogP contribution in [0.15, 0.2) is 36.5 Å². The molecule has 0 aliphatic rings. The Balaban J connectivity index is 2.25. The zero-order valence-electron chi connectivity index (χ0n) is 11.3. The number of rotatable bonds is 3. The van der Waals surface area contributed by atoms with E-state index in [-0.39, 0.29) is 6.04 Å². The molecule has 2 rings (SSSR count). The largest absolute Gasteiger partial charge is 0.324 e. The van der Waals surface area contributed by atoms with Gasteiger partial charge in [0.15, 0.2) is 0 Å². The molecule has 0 saturated heterocycles. The number of aromatic nitrogens is 1. The molecule has 0 bridgehead atoms. The van der Waals surface area contributed by atoms with E-state index in [1.165, 1.54) is 22.3 Å². The number of nitrogens with two attached hydrogens (primary N) is 1. The molecule has 1 heterocycles. The zero-order valence-corrected chi connectivity index (χ0v) is 11.3. The van der Waals surface area contributed by atoms with Crippen LogP contribution in [0.1, 0.15) is 34.0 Å². The Morgan fingerprint density at radius 2 is 1.89 bits per heavy atom. The predicted molar refractivity (Wildman–Crippen MR) is 75.5 cm³/mol. The lowest BCUT2D eigenvalue weighted by Crippen LogP contribution is -2.16. The molecule has 0 spiro atoms. The molecule has 0 radical (unpaired) electrons. The molecule has 0 amide bonds. The maximum Gasteiger partial charge on any atom is 0.0451 e. The van der Waals surface area contributed by atoms with E-state index in [0.717, 1.165) is 12.1 Å². The van der Waals surface area contributed by atoms with Crippen molar-refractivity contribution in [3.05, 3.63) is 64.5 Å². The minimum Gasteiger partial charge on any atom is -0.324 e. The van der Waals surface area contributed by atoms with Crippen molar-refractivity contribution in [3.8, 4) is 0 Å². The lowest BCUT2D eigenvalue weighted by Gasteiger charge is -2.16. The Morgan fingerprint density at radius 3 is 2.61 bits per heavy atom. The van der Waals surface area contributed by atoms with Crippen LogP contribution in [0.3, 0.4) is 0 Å². The van der Waals surface area contributed by atoms with Gasteiger partial charge in [-0.1, -0.05) is 29.8 Å². The highest BCUT2D eigenvalue weighted by Gasteiger charge is 2.12. The monoisotopic (exact) mass is 240 g/mol. The molecule has 2 heteroatoms. The maximum absolute atomic E-state index is 6.33. The van der Waals surface area contributed by atoms with Gasteiger partial charge < -0.3 is 5.73 Å². The van der Waals surface area contributed by atoms with Crippen molar-refractivity contribution in [2.45, 2.75) is 33.2 Å². The van der Waals surface area contributed by atoms with E-state index in [1.54, 1.807) is 0 Å². The summed E-state index contributed by atoms with van der Waals surface area (Å²) in [6.07, 6.45) is 2.62. The first-order valence-corrected chi connectivity index (χ1v) is 6.31. The van der Waals surface area contributed by atoms with E-state index in [2.05, 4.69) is 50.0 Å². The summed E-state index contributed by atoms with van der Waals surface area (Å²) in [5.41, 5.74) is 12.3. The van der Waals surface area contributed by atoms with Gasteiger partial charge in [0.25, 0.3) is 0 Å². The molecule has 2 nitrogen and oxygen atoms in total. The topological polar surface area (TPSA) is 38.9 Å². The van der Waals surface area contributed by atoms with Crippen LogP contribution in [-0.2, 0) is 6.42 Å². The van der Waals surface area contributed by atoms with E-state index < -0.39 is 0 Å². The fourth-order valence-corrected chi connectivity index (χ4v) is 2.21. The Bertz CT molecular complexity index is 547. The number of hydrogen-bond donors (Lipinski definition) is 1. The highest BCUT2D eigenvalue weighted by Crippen LogP contribution is 2.21. The van der Waals surface area contributed by atoms with Gasteiger partial charge in [-0.05, 0) is 43.5 Å². The average Bonchev–Trinajstić information content (AvgIpc) is 2.35. The summed E-state index contributed by atoms with van der Waals surface area (Å²) >= 11 is 0. The first-order chi connectivity index (χ1) is 8.58. The smallest absolute Gasteiger partial charge is 0.0451 e. The van der Waals surface area contributed by atoms with Gasteiger partial charge in [0.1, 0.15) is 0 Å². The molecular weight excluding hydrogens is 220 g/mol. The first kappa shape index (κ1) is 12.8. The van der Waals surface area contributed by atoms with Crippen LogP contribution in [0, 0.1) is 20.8 Å². The minimum atomic E-state index is 0.0125. The molecule has 0 fully saturated rings. The number of pyridine rings is 1. The summed E-state index contributed by atoms with van der Waals surface area (Å²) in [6.45, 7) is 6.29. The Labute approximate surface area is 109 Å². The van der Waals surface area contributed by atoms with Crippen LogP contribution in [-0.4, -0.2) is 4.98 Å². The molecule has 1 atom stereocenters. The quantitative estimate of drug-likeness (QED) is 0.894. The van der Waals surface area contributed by atoms with Gasteiger partial charge in [0.2, 0.25) is 0 Å².